The second-order valence-electron chi connectivity index (χ2n) is 5.34. The molecular weight excluding hydrogens is 242 g/mol. The SMILES string of the molecule is C=CCN(Cc1csc(CNC2CC2)n1)C1CC1. The van der Waals surface area contributed by atoms with Gasteiger partial charge < -0.3 is 5.32 Å². The van der Waals surface area contributed by atoms with Gasteiger partial charge in [-0.05, 0) is 25.7 Å². The van der Waals surface area contributed by atoms with Gasteiger partial charge in [0.1, 0.15) is 5.01 Å². The molecule has 1 aromatic rings. The number of nitrogens with one attached hydrogen (secondary N) is 1. The van der Waals surface area contributed by atoms with Crippen LogP contribution in [-0.4, -0.2) is 28.5 Å². The molecule has 18 heavy (non-hydrogen) atoms. The minimum atomic E-state index is 0.765. The molecule has 1 aromatic heterocycles. The van der Waals surface area contributed by atoms with Crippen molar-refractivity contribution in [2.75, 3.05) is 6.54 Å². The van der Waals surface area contributed by atoms with Crippen LogP contribution in [0.15, 0.2) is 18.0 Å². The Morgan fingerprint density at radius 3 is 2.94 bits per heavy atom. The molecule has 98 valence electrons. The van der Waals surface area contributed by atoms with E-state index < -0.39 is 0 Å². The predicted octanol–water partition coefficient (Wildman–Crippen LogP) is 2.55. The zero-order valence-corrected chi connectivity index (χ0v) is 11.6. The maximum atomic E-state index is 4.72. The number of hydrogen-bond donors (Lipinski definition) is 1. The first-order chi connectivity index (χ1) is 8.85. The zero-order chi connectivity index (χ0) is 12.4. The van der Waals surface area contributed by atoms with Gasteiger partial charge in [-0.15, -0.1) is 17.9 Å². The second kappa shape index (κ2) is 5.51. The zero-order valence-electron chi connectivity index (χ0n) is 10.8. The third-order valence-electron chi connectivity index (χ3n) is 3.51. The molecule has 1 heterocycles. The van der Waals surface area contributed by atoms with Gasteiger partial charge in [0.25, 0.3) is 0 Å². The standard InChI is InChI=1S/C14H21N3S/c1-2-7-17(13-5-6-13)9-12-10-18-14(16-12)8-15-11-3-4-11/h2,10-11,13,15H,1,3-9H2. The van der Waals surface area contributed by atoms with Crippen molar-refractivity contribution in [1.29, 1.82) is 0 Å². The molecular formula is C14H21N3S. The van der Waals surface area contributed by atoms with Gasteiger partial charge in [0.15, 0.2) is 0 Å². The molecule has 3 rings (SSSR count). The van der Waals surface area contributed by atoms with Crippen LogP contribution in [0.3, 0.4) is 0 Å². The van der Waals surface area contributed by atoms with E-state index in [1.165, 1.54) is 36.4 Å². The quantitative estimate of drug-likeness (QED) is 0.731. The van der Waals surface area contributed by atoms with Gasteiger partial charge in [0.05, 0.1) is 5.69 Å². The summed E-state index contributed by atoms with van der Waals surface area (Å²) in [7, 11) is 0. The summed E-state index contributed by atoms with van der Waals surface area (Å²) in [5.74, 6) is 0. The topological polar surface area (TPSA) is 28.2 Å². The third kappa shape index (κ3) is 3.40. The fourth-order valence-electron chi connectivity index (χ4n) is 2.18. The van der Waals surface area contributed by atoms with Crippen LogP contribution >= 0.6 is 11.3 Å². The molecule has 0 unspecified atom stereocenters. The van der Waals surface area contributed by atoms with Gasteiger partial charge in [-0.2, -0.15) is 0 Å². The molecule has 0 atom stereocenters. The lowest BCUT2D eigenvalue weighted by atomic mass is 10.4. The van der Waals surface area contributed by atoms with Crippen LogP contribution in [0.4, 0.5) is 0 Å². The van der Waals surface area contributed by atoms with E-state index in [1.807, 2.05) is 6.08 Å². The molecule has 2 aliphatic carbocycles. The highest BCUT2D eigenvalue weighted by Gasteiger charge is 2.28. The Hall–Kier alpha value is -0.710. The average Bonchev–Trinajstić information content (AvgIpc) is 3.27. The van der Waals surface area contributed by atoms with Gasteiger partial charge in [-0.25, -0.2) is 4.98 Å². The van der Waals surface area contributed by atoms with Crippen LogP contribution in [0.1, 0.15) is 36.4 Å². The fourth-order valence-corrected chi connectivity index (χ4v) is 2.91. The first kappa shape index (κ1) is 12.3. The highest BCUT2D eigenvalue weighted by Crippen LogP contribution is 2.28. The summed E-state index contributed by atoms with van der Waals surface area (Å²) in [6.07, 6.45) is 7.36. The summed E-state index contributed by atoms with van der Waals surface area (Å²) in [4.78, 5) is 7.21. The number of hydrogen-bond acceptors (Lipinski definition) is 4. The summed E-state index contributed by atoms with van der Waals surface area (Å²) in [5, 5.41) is 6.96. The summed E-state index contributed by atoms with van der Waals surface area (Å²) in [5.41, 5.74) is 1.22. The molecule has 0 aliphatic heterocycles. The Morgan fingerprint density at radius 1 is 1.44 bits per heavy atom. The number of nitrogens with zero attached hydrogens (tertiary/aromatic N) is 2. The molecule has 0 bridgehead atoms. The predicted molar refractivity (Wildman–Crippen MR) is 75.6 cm³/mol. The second-order valence-corrected chi connectivity index (χ2v) is 6.28. The summed E-state index contributed by atoms with van der Waals surface area (Å²) in [6.45, 7) is 6.76. The average molecular weight is 263 g/mol. The fraction of sp³-hybridized carbons (Fsp3) is 0.643. The Kier molecular flexibility index (Phi) is 3.77. The van der Waals surface area contributed by atoms with Crippen LogP contribution in [0.25, 0.3) is 0 Å². The van der Waals surface area contributed by atoms with Crippen LogP contribution in [-0.2, 0) is 13.1 Å². The summed E-state index contributed by atoms with van der Waals surface area (Å²) in [6, 6.07) is 1.54. The Labute approximate surface area is 113 Å². The van der Waals surface area contributed by atoms with Crippen LogP contribution in [0.2, 0.25) is 0 Å². The molecule has 0 radical (unpaired) electrons. The lowest BCUT2D eigenvalue weighted by Gasteiger charge is -2.18. The molecule has 2 fully saturated rings. The maximum Gasteiger partial charge on any atom is 0.107 e. The molecule has 2 saturated carbocycles. The third-order valence-corrected chi connectivity index (χ3v) is 4.41. The largest absolute Gasteiger partial charge is 0.308 e. The first-order valence-electron chi connectivity index (χ1n) is 6.87. The van der Waals surface area contributed by atoms with Gasteiger partial charge >= 0.3 is 0 Å². The number of thiazole rings is 1. The van der Waals surface area contributed by atoms with E-state index in [9.17, 15) is 0 Å². The van der Waals surface area contributed by atoms with Crippen molar-refractivity contribution in [3.8, 4) is 0 Å². The van der Waals surface area contributed by atoms with Gasteiger partial charge in [0.2, 0.25) is 0 Å². The molecule has 0 spiro atoms. The highest BCUT2D eigenvalue weighted by molar-refractivity contribution is 7.09. The number of aromatic nitrogens is 1. The van der Waals surface area contributed by atoms with E-state index in [4.69, 9.17) is 4.98 Å². The lowest BCUT2D eigenvalue weighted by Crippen LogP contribution is -2.25. The lowest BCUT2D eigenvalue weighted by molar-refractivity contribution is 0.281. The van der Waals surface area contributed by atoms with Gasteiger partial charge in [-0.3, -0.25) is 4.90 Å². The molecule has 1 N–H and O–H groups in total. The number of rotatable bonds is 8. The summed E-state index contributed by atoms with van der Waals surface area (Å²) < 4.78 is 0. The molecule has 2 aliphatic rings. The maximum absolute atomic E-state index is 4.72. The molecule has 4 heteroatoms. The van der Waals surface area contributed by atoms with E-state index in [0.717, 1.165) is 31.7 Å². The molecule has 0 saturated heterocycles. The first-order valence-corrected chi connectivity index (χ1v) is 7.74. The van der Waals surface area contributed by atoms with Crippen molar-refractivity contribution in [3.05, 3.63) is 28.7 Å². The van der Waals surface area contributed by atoms with Crippen LogP contribution < -0.4 is 5.32 Å². The Balaban J connectivity index is 1.52. The van der Waals surface area contributed by atoms with Crippen molar-refractivity contribution in [2.24, 2.45) is 0 Å². The van der Waals surface area contributed by atoms with Crippen LogP contribution in [0.5, 0.6) is 0 Å². The van der Waals surface area contributed by atoms with Crippen molar-refractivity contribution < 1.29 is 0 Å². The van der Waals surface area contributed by atoms with Crippen LogP contribution in [0, 0.1) is 0 Å². The highest BCUT2D eigenvalue weighted by atomic mass is 32.1. The monoisotopic (exact) mass is 263 g/mol. The van der Waals surface area contributed by atoms with Crippen molar-refractivity contribution in [2.45, 2.75) is 50.9 Å². The van der Waals surface area contributed by atoms with Gasteiger partial charge in [-0.1, -0.05) is 6.08 Å². The van der Waals surface area contributed by atoms with E-state index in [2.05, 4.69) is 22.2 Å². The van der Waals surface area contributed by atoms with E-state index in [-0.39, 0.29) is 0 Å². The minimum Gasteiger partial charge on any atom is -0.308 e. The Morgan fingerprint density at radius 2 is 2.28 bits per heavy atom. The van der Waals surface area contributed by atoms with E-state index in [0.29, 0.717) is 0 Å². The normalized spacial score (nSPS) is 19.4. The molecule has 3 nitrogen and oxygen atoms in total. The van der Waals surface area contributed by atoms with E-state index >= 15 is 0 Å². The molecule has 0 aromatic carbocycles. The van der Waals surface area contributed by atoms with E-state index in [1.54, 1.807) is 11.3 Å². The Bertz CT molecular complexity index is 407. The van der Waals surface area contributed by atoms with Gasteiger partial charge in [0, 0.05) is 37.1 Å². The van der Waals surface area contributed by atoms with Crippen molar-refractivity contribution >= 4 is 11.3 Å². The van der Waals surface area contributed by atoms with Crippen molar-refractivity contribution in [3.63, 3.8) is 0 Å². The smallest absolute Gasteiger partial charge is 0.107 e. The van der Waals surface area contributed by atoms with Crippen molar-refractivity contribution in [1.82, 2.24) is 15.2 Å². The molecule has 0 amide bonds. The minimum absolute atomic E-state index is 0.765. The summed E-state index contributed by atoms with van der Waals surface area (Å²) >= 11 is 1.79.